The van der Waals surface area contributed by atoms with Gasteiger partial charge in [0.15, 0.2) is 0 Å². The van der Waals surface area contributed by atoms with Gasteiger partial charge in [-0.2, -0.15) is 8.78 Å². The molecule has 4 nitrogen and oxygen atoms in total. The van der Waals surface area contributed by atoms with Gasteiger partial charge >= 0.3 is 0 Å². The highest BCUT2D eigenvalue weighted by molar-refractivity contribution is 7.99. The molecule has 0 saturated heterocycles. The molecule has 0 atom stereocenters. The summed E-state index contributed by atoms with van der Waals surface area (Å²) in [4.78, 5) is 4.68. The average molecular weight is 288 g/mol. The zero-order chi connectivity index (χ0) is 14.3. The number of hydrazine groups is 1. The van der Waals surface area contributed by atoms with Crippen LogP contribution in [0.15, 0.2) is 34.2 Å². The van der Waals surface area contributed by atoms with Crippen LogP contribution in [0.3, 0.4) is 0 Å². The number of hydrogen-bond donors (Lipinski definition) is 3. The molecule has 1 aromatic carbocycles. The molecule has 19 heavy (non-hydrogen) atoms. The number of para-hydroxylation sites is 1. The normalized spacial score (nSPS) is 12.1. The molecule has 0 unspecified atom stereocenters. The molecule has 0 radical (unpaired) electrons. The van der Waals surface area contributed by atoms with E-state index in [9.17, 15) is 8.78 Å². The maximum atomic E-state index is 12.4. The van der Waals surface area contributed by atoms with Gasteiger partial charge in [-0.15, -0.1) is 0 Å². The first-order valence-corrected chi connectivity index (χ1v) is 6.72. The van der Waals surface area contributed by atoms with Gasteiger partial charge in [0.1, 0.15) is 0 Å². The van der Waals surface area contributed by atoms with Gasteiger partial charge in [-0.25, -0.2) is 5.84 Å². The maximum absolute atomic E-state index is 12.4. The molecule has 1 rings (SSSR count). The van der Waals surface area contributed by atoms with Crippen molar-refractivity contribution in [3.63, 3.8) is 0 Å². The highest BCUT2D eigenvalue weighted by Gasteiger charge is 2.10. The Labute approximate surface area is 115 Å². The summed E-state index contributed by atoms with van der Waals surface area (Å²) in [7, 11) is 0. The lowest BCUT2D eigenvalue weighted by Gasteiger charge is -2.13. The second kappa shape index (κ2) is 7.96. The van der Waals surface area contributed by atoms with E-state index < -0.39 is 5.76 Å². The summed E-state index contributed by atoms with van der Waals surface area (Å²) in [6, 6.07) is 6.79. The minimum atomic E-state index is -2.47. The van der Waals surface area contributed by atoms with E-state index in [-0.39, 0.29) is 0 Å². The van der Waals surface area contributed by atoms with Crippen LogP contribution in [0, 0.1) is 5.92 Å². The van der Waals surface area contributed by atoms with Crippen LogP contribution < -0.4 is 16.6 Å². The van der Waals surface area contributed by atoms with E-state index in [2.05, 4.69) is 15.7 Å². The number of aliphatic imine (C=N–C) groups is 1. The Morgan fingerprint density at radius 2 is 2.05 bits per heavy atom. The molecule has 7 heteroatoms. The van der Waals surface area contributed by atoms with Gasteiger partial charge in [0.05, 0.1) is 5.69 Å². The molecule has 0 aromatic heterocycles. The molecule has 0 saturated carbocycles. The predicted molar refractivity (Wildman–Crippen MR) is 76.4 cm³/mol. The van der Waals surface area contributed by atoms with Crippen molar-refractivity contribution in [1.82, 2.24) is 5.43 Å². The largest absolute Gasteiger partial charge is 0.324 e. The van der Waals surface area contributed by atoms with Gasteiger partial charge in [-0.3, -0.25) is 10.4 Å². The maximum Gasteiger partial charge on any atom is 0.288 e. The minimum Gasteiger partial charge on any atom is -0.324 e. The Balaban J connectivity index is 2.82. The number of nitrogens with two attached hydrogens (primary N) is 1. The first kappa shape index (κ1) is 15.7. The Kier molecular flexibility index (Phi) is 6.58. The van der Waals surface area contributed by atoms with Crippen LogP contribution in [-0.2, 0) is 0 Å². The molecular weight excluding hydrogens is 270 g/mol. The highest BCUT2D eigenvalue weighted by Crippen LogP contribution is 2.31. The molecule has 0 aliphatic rings. The summed E-state index contributed by atoms with van der Waals surface area (Å²) >= 11 is 0.482. The quantitative estimate of drug-likeness (QED) is 0.256. The molecule has 0 spiro atoms. The van der Waals surface area contributed by atoms with Gasteiger partial charge in [-0.1, -0.05) is 37.7 Å². The van der Waals surface area contributed by atoms with E-state index in [0.717, 1.165) is 0 Å². The lowest BCUT2D eigenvalue weighted by atomic mass is 10.2. The van der Waals surface area contributed by atoms with Crippen LogP contribution in [0.5, 0.6) is 0 Å². The third-order valence-electron chi connectivity index (χ3n) is 2.11. The molecule has 0 amide bonds. The summed E-state index contributed by atoms with van der Waals surface area (Å²) in [6.45, 7) is 4.65. The fraction of sp³-hybridized carbons (Fsp3) is 0.417. The number of thioether (sulfide) groups is 1. The van der Waals surface area contributed by atoms with Gasteiger partial charge in [0, 0.05) is 11.4 Å². The molecule has 0 fully saturated rings. The van der Waals surface area contributed by atoms with Crippen molar-refractivity contribution in [2.75, 3.05) is 11.9 Å². The zero-order valence-electron chi connectivity index (χ0n) is 10.9. The summed E-state index contributed by atoms with van der Waals surface area (Å²) in [6.07, 6.45) is 0. The number of guanidine groups is 1. The first-order valence-electron chi connectivity index (χ1n) is 5.85. The van der Waals surface area contributed by atoms with Crippen LogP contribution in [0.2, 0.25) is 0 Å². The number of alkyl halides is 2. The summed E-state index contributed by atoms with van der Waals surface area (Å²) in [5.74, 6) is 3.63. The van der Waals surface area contributed by atoms with E-state index in [1.54, 1.807) is 24.3 Å². The Morgan fingerprint density at radius 3 is 2.63 bits per heavy atom. The molecule has 0 heterocycles. The van der Waals surface area contributed by atoms with E-state index >= 15 is 0 Å². The van der Waals surface area contributed by atoms with Crippen molar-refractivity contribution in [3.8, 4) is 0 Å². The number of anilines is 1. The van der Waals surface area contributed by atoms with Crippen molar-refractivity contribution >= 4 is 23.4 Å². The van der Waals surface area contributed by atoms with Crippen molar-refractivity contribution in [2.24, 2.45) is 16.8 Å². The summed E-state index contributed by atoms with van der Waals surface area (Å²) in [5.41, 5.74) is 2.98. The highest BCUT2D eigenvalue weighted by atomic mass is 32.2. The van der Waals surface area contributed by atoms with Crippen molar-refractivity contribution in [1.29, 1.82) is 0 Å². The van der Waals surface area contributed by atoms with Crippen LogP contribution in [0.4, 0.5) is 14.5 Å². The van der Waals surface area contributed by atoms with Gasteiger partial charge < -0.3 is 5.32 Å². The fourth-order valence-electron chi connectivity index (χ4n) is 1.29. The average Bonchev–Trinajstić information content (AvgIpc) is 2.35. The van der Waals surface area contributed by atoms with Gasteiger partial charge in [0.2, 0.25) is 5.96 Å². The van der Waals surface area contributed by atoms with E-state index in [4.69, 9.17) is 5.84 Å². The molecule has 0 bridgehead atoms. The standard InChI is InChI=1S/C12H18F2N4S/c1-8(2)7-16-12(18-15)17-9-5-3-4-6-10(9)19-11(13)14/h3-6,8,11H,7,15H2,1-2H3,(H2,16,17,18). The lowest BCUT2D eigenvalue weighted by molar-refractivity contribution is 0.252. The van der Waals surface area contributed by atoms with Crippen LogP contribution in [-0.4, -0.2) is 18.3 Å². The monoisotopic (exact) mass is 288 g/mol. The van der Waals surface area contributed by atoms with E-state index in [0.29, 0.717) is 40.8 Å². The molecule has 0 aliphatic carbocycles. The lowest BCUT2D eigenvalue weighted by Crippen LogP contribution is -2.36. The van der Waals surface area contributed by atoms with E-state index in [1.165, 1.54) is 0 Å². The second-order valence-corrected chi connectivity index (χ2v) is 5.26. The third-order valence-corrected chi connectivity index (χ3v) is 2.90. The van der Waals surface area contributed by atoms with Crippen LogP contribution in [0.25, 0.3) is 0 Å². The van der Waals surface area contributed by atoms with Crippen LogP contribution >= 0.6 is 11.8 Å². The van der Waals surface area contributed by atoms with Crippen LogP contribution in [0.1, 0.15) is 13.8 Å². The van der Waals surface area contributed by atoms with Gasteiger partial charge in [0.25, 0.3) is 5.76 Å². The first-order chi connectivity index (χ1) is 9.02. The summed E-state index contributed by atoms with van der Waals surface area (Å²) < 4.78 is 24.9. The number of hydrogen-bond acceptors (Lipinski definition) is 3. The molecule has 106 valence electrons. The fourth-order valence-corrected chi connectivity index (χ4v) is 1.89. The third kappa shape index (κ3) is 5.89. The zero-order valence-corrected chi connectivity index (χ0v) is 11.7. The molecule has 0 aliphatic heterocycles. The van der Waals surface area contributed by atoms with Crippen molar-refractivity contribution in [3.05, 3.63) is 24.3 Å². The van der Waals surface area contributed by atoms with Gasteiger partial charge in [-0.05, 0) is 18.1 Å². The number of nitrogens with zero attached hydrogens (tertiary/aromatic N) is 1. The smallest absolute Gasteiger partial charge is 0.288 e. The Hall–Kier alpha value is -1.34. The molecule has 1 aromatic rings. The van der Waals surface area contributed by atoms with Crippen molar-refractivity contribution in [2.45, 2.75) is 24.5 Å². The summed E-state index contributed by atoms with van der Waals surface area (Å²) in [5, 5.41) is 2.92. The molecular formula is C12H18F2N4S. The second-order valence-electron chi connectivity index (χ2n) is 4.23. The Bertz CT molecular complexity index is 424. The Morgan fingerprint density at radius 1 is 1.37 bits per heavy atom. The SMILES string of the molecule is CC(C)CN=C(NN)Nc1ccccc1SC(F)F. The number of rotatable bonds is 5. The molecule has 4 N–H and O–H groups in total. The number of nitrogens with one attached hydrogen (secondary N) is 2. The number of benzene rings is 1. The van der Waals surface area contributed by atoms with Crippen molar-refractivity contribution < 1.29 is 8.78 Å². The van der Waals surface area contributed by atoms with E-state index in [1.807, 2.05) is 13.8 Å². The minimum absolute atomic E-state index is 0.357. The number of halogens is 2. The predicted octanol–water partition coefficient (Wildman–Crippen LogP) is 2.89. The topological polar surface area (TPSA) is 62.4 Å².